The topological polar surface area (TPSA) is 77.9 Å². The maximum atomic E-state index is 11.3. The van der Waals surface area contributed by atoms with Gasteiger partial charge in [-0.05, 0) is 6.92 Å². The molecule has 0 aromatic carbocycles. The van der Waals surface area contributed by atoms with Crippen molar-refractivity contribution >= 4 is 17.9 Å². The van der Waals surface area contributed by atoms with Gasteiger partial charge in [-0.1, -0.05) is 0 Å². The molecule has 0 bridgehead atoms. The average molecular weight is 186 g/mol. The number of rotatable bonds is 3. The zero-order valence-corrected chi connectivity index (χ0v) is 7.19. The second-order valence-corrected chi connectivity index (χ2v) is 2.67. The zero-order valence-electron chi connectivity index (χ0n) is 7.19. The first-order valence-electron chi connectivity index (χ1n) is 3.87. The van der Waals surface area contributed by atoms with Crippen molar-refractivity contribution in [3.05, 3.63) is 0 Å². The van der Waals surface area contributed by atoms with Crippen LogP contribution in [0.3, 0.4) is 0 Å². The Balaban J connectivity index is 2.70. The summed E-state index contributed by atoms with van der Waals surface area (Å²) in [4.78, 5) is 34.7. The number of imide groups is 1. The molecule has 0 spiro atoms. The molecule has 1 heterocycles. The van der Waals surface area contributed by atoms with Crippen LogP contribution in [0.15, 0.2) is 0 Å². The molecule has 0 aromatic rings. The SMILES string of the molecule is CCN1CC(=O)N(CC(=O)O)C1=O. The van der Waals surface area contributed by atoms with Crippen LogP contribution < -0.4 is 0 Å². The molecule has 1 aliphatic rings. The first-order valence-corrected chi connectivity index (χ1v) is 3.87. The number of carbonyl (C=O) groups is 3. The first kappa shape index (κ1) is 9.50. The number of carboxylic acid groups (broad SMARTS) is 1. The van der Waals surface area contributed by atoms with Crippen molar-refractivity contribution < 1.29 is 19.5 Å². The minimum Gasteiger partial charge on any atom is -0.480 e. The zero-order chi connectivity index (χ0) is 10.0. The molecule has 1 fully saturated rings. The van der Waals surface area contributed by atoms with Crippen LogP contribution in [-0.2, 0) is 9.59 Å². The molecule has 0 radical (unpaired) electrons. The maximum Gasteiger partial charge on any atom is 0.327 e. The molecule has 1 rings (SSSR count). The summed E-state index contributed by atoms with van der Waals surface area (Å²) in [6.45, 7) is 1.59. The van der Waals surface area contributed by atoms with Gasteiger partial charge in [-0.2, -0.15) is 0 Å². The minimum atomic E-state index is -1.18. The number of urea groups is 1. The molecular weight excluding hydrogens is 176 g/mol. The van der Waals surface area contributed by atoms with Gasteiger partial charge < -0.3 is 10.0 Å². The van der Waals surface area contributed by atoms with Gasteiger partial charge in [0, 0.05) is 6.54 Å². The van der Waals surface area contributed by atoms with Crippen LogP contribution >= 0.6 is 0 Å². The van der Waals surface area contributed by atoms with Gasteiger partial charge in [-0.3, -0.25) is 14.5 Å². The summed E-state index contributed by atoms with van der Waals surface area (Å²) < 4.78 is 0. The van der Waals surface area contributed by atoms with Gasteiger partial charge in [0.05, 0.1) is 0 Å². The standard InChI is InChI=1S/C7H10N2O4/c1-2-8-3-5(10)9(7(8)13)4-6(11)12/h2-4H2,1H3,(H,11,12). The number of likely N-dealkylation sites (N-methyl/N-ethyl adjacent to an activating group) is 1. The minimum absolute atomic E-state index is 0.0113. The van der Waals surface area contributed by atoms with Crippen LogP contribution in [0.4, 0.5) is 4.79 Å². The highest BCUT2D eigenvalue weighted by Gasteiger charge is 2.35. The van der Waals surface area contributed by atoms with Crippen molar-refractivity contribution in [2.24, 2.45) is 0 Å². The van der Waals surface area contributed by atoms with E-state index in [1.807, 2.05) is 0 Å². The molecule has 0 saturated carbocycles. The predicted molar refractivity (Wildman–Crippen MR) is 42.0 cm³/mol. The highest BCUT2D eigenvalue weighted by Crippen LogP contribution is 2.08. The number of nitrogens with zero attached hydrogens (tertiary/aromatic N) is 2. The Morgan fingerprint density at radius 2 is 2.15 bits per heavy atom. The summed E-state index contributed by atoms with van der Waals surface area (Å²) in [6, 6.07) is -0.519. The van der Waals surface area contributed by atoms with Gasteiger partial charge in [0.1, 0.15) is 13.1 Å². The molecule has 1 saturated heterocycles. The Kier molecular flexibility index (Phi) is 2.50. The van der Waals surface area contributed by atoms with Gasteiger partial charge in [0.2, 0.25) is 0 Å². The van der Waals surface area contributed by atoms with Crippen molar-refractivity contribution in [2.75, 3.05) is 19.6 Å². The van der Waals surface area contributed by atoms with E-state index >= 15 is 0 Å². The second kappa shape index (κ2) is 3.42. The monoisotopic (exact) mass is 186 g/mol. The van der Waals surface area contributed by atoms with Crippen LogP contribution in [0.1, 0.15) is 6.92 Å². The van der Waals surface area contributed by atoms with Gasteiger partial charge >= 0.3 is 12.0 Å². The summed E-state index contributed by atoms with van der Waals surface area (Å²) in [5.41, 5.74) is 0. The highest BCUT2D eigenvalue weighted by molar-refractivity contribution is 6.03. The van der Waals surface area contributed by atoms with Crippen molar-refractivity contribution in [2.45, 2.75) is 6.92 Å². The van der Waals surface area contributed by atoms with E-state index in [0.717, 1.165) is 4.90 Å². The highest BCUT2D eigenvalue weighted by atomic mass is 16.4. The molecule has 0 atom stereocenters. The van der Waals surface area contributed by atoms with E-state index in [-0.39, 0.29) is 6.54 Å². The van der Waals surface area contributed by atoms with Crippen molar-refractivity contribution in [3.63, 3.8) is 0 Å². The molecule has 0 aliphatic carbocycles. The third-order valence-corrected chi connectivity index (χ3v) is 1.80. The Bertz CT molecular complexity index is 263. The molecule has 0 unspecified atom stereocenters. The smallest absolute Gasteiger partial charge is 0.327 e. The van der Waals surface area contributed by atoms with Gasteiger partial charge in [0.15, 0.2) is 0 Å². The van der Waals surface area contributed by atoms with Crippen LogP contribution in [0.25, 0.3) is 0 Å². The third kappa shape index (κ3) is 1.77. The lowest BCUT2D eigenvalue weighted by molar-refractivity contribution is -0.141. The van der Waals surface area contributed by atoms with E-state index < -0.39 is 24.5 Å². The number of aliphatic carboxylic acids is 1. The van der Waals surface area contributed by atoms with Crippen LogP contribution in [0, 0.1) is 0 Å². The number of carbonyl (C=O) groups excluding carboxylic acids is 2. The lowest BCUT2D eigenvalue weighted by atomic mass is 10.5. The summed E-state index contributed by atoms with van der Waals surface area (Å²) >= 11 is 0. The fraction of sp³-hybridized carbons (Fsp3) is 0.571. The first-order chi connectivity index (χ1) is 6.06. The van der Waals surface area contributed by atoms with Crippen molar-refractivity contribution in [3.8, 4) is 0 Å². The van der Waals surface area contributed by atoms with E-state index in [4.69, 9.17) is 5.11 Å². The summed E-state index contributed by atoms with van der Waals surface area (Å²) in [6.07, 6.45) is 0. The largest absolute Gasteiger partial charge is 0.480 e. The fourth-order valence-electron chi connectivity index (χ4n) is 1.13. The van der Waals surface area contributed by atoms with E-state index in [0.29, 0.717) is 6.54 Å². The molecule has 1 N–H and O–H groups in total. The fourth-order valence-corrected chi connectivity index (χ4v) is 1.13. The second-order valence-electron chi connectivity index (χ2n) is 2.67. The Hall–Kier alpha value is -1.59. The molecule has 6 nitrogen and oxygen atoms in total. The lowest BCUT2D eigenvalue weighted by Gasteiger charge is -2.12. The van der Waals surface area contributed by atoms with E-state index in [1.54, 1.807) is 6.92 Å². The molecule has 6 heteroatoms. The molecule has 1 aliphatic heterocycles. The number of carboxylic acids is 1. The summed E-state index contributed by atoms with van der Waals surface area (Å²) in [7, 11) is 0. The molecule has 72 valence electrons. The Morgan fingerprint density at radius 3 is 2.54 bits per heavy atom. The number of hydrogen-bond donors (Lipinski definition) is 1. The van der Waals surface area contributed by atoms with E-state index in [1.165, 1.54) is 4.90 Å². The average Bonchev–Trinajstić information content (AvgIpc) is 2.31. The van der Waals surface area contributed by atoms with Crippen molar-refractivity contribution in [1.82, 2.24) is 9.80 Å². The van der Waals surface area contributed by atoms with Gasteiger partial charge in [0.25, 0.3) is 5.91 Å². The molecule has 0 aromatic heterocycles. The van der Waals surface area contributed by atoms with E-state index in [9.17, 15) is 14.4 Å². The van der Waals surface area contributed by atoms with Crippen LogP contribution in [0.2, 0.25) is 0 Å². The molecule has 13 heavy (non-hydrogen) atoms. The summed E-state index contributed by atoms with van der Waals surface area (Å²) in [5, 5.41) is 8.40. The molecule has 3 amide bonds. The Labute approximate surface area is 74.7 Å². The van der Waals surface area contributed by atoms with Crippen LogP contribution in [-0.4, -0.2) is 52.4 Å². The predicted octanol–water partition coefficient (Wildman–Crippen LogP) is -0.645. The lowest BCUT2D eigenvalue weighted by Crippen LogP contribution is -2.36. The van der Waals surface area contributed by atoms with Crippen LogP contribution in [0.5, 0.6) is 0 Å². The van der Waals surface area contributed by atoms with E-state index in [2.05, 4.69) is 0 Å². The summed E-state index contributed by atoms with van der Waals surface area (Å²) in [5.74, 6) is -1.63. The Morgan fingerprint density at radius 1 is 1.54 bits per heavy atom. The molecular formula is C7H10N2O4. The van der Waals surface area contributed by atoms with Crippen molar-refractivity contribution in [1.29, 1.82) is 0 Å². The third-order valence-electron chi connectivity index (χ3n) is 1.80. The number of hydrogen-bond acceptors (Lipinski definition) is 3. The normalized spacial score (nSPS) is 17.0. The quantitative estimate of drug-likeness (QED) is 0.594. The van der Waals surface area contributed by atoms with Gasteiger partial charge in [-0.25, -0.2) is 4.79 Å². The number of amides is 3. The maximum absolute atomic E-state index is 11.3. The van der Waals surface area contributed by atoms with Gasteiger partial charge in [-0.15, -0.1) is 0 Å².